The monoisotopic (exact) mass is 160 g/mol. The van der Waals surface area contributed by atoms with Gasteiger partial charge in [-0.3, -0.25) is 4.79 Å². The molecule has 12 heavy (non-hydrogen) atoms. The normalized spacial score (nSPS) is 48.5. The smallest absolute Gasteiger partial charge is 0.159 e. The molecule has 0 amide bonds. The Morgan fingerprint density at radius 3 is 2.92 bits per heavy atom. The van der Waals surface area contributed by atoms with Crippen LogP contribution in [-0.4, -0.2) is 5.78 Å². The molecule has 0 heterocycles. The van der Waals surface area contributed by atoms with Gasteiger partial charge in [0.1, 0.15) is 0 Å². The molecule has 1 saturated carbocycles. The SMILES string of the molecule is O=C1C=CC[C@H]2[C@@H]1[C@H]1C=C[C@@H]2C1. The minimum absolute atomic E-state index is 0.352. The Morgan fingerprint density at radius 2 is 2.08 bits per heavy atom. The fraction of sp³-hybridized carbons (Fsp3) is 0.545. The van der Waals surface area contributed by atoms with Crippen LogP contribution in [0.1, 0.15) is 12.8 Å². The van der Waals surface area contributed by atoms with Crippen molar-refractivity contribution >= 4 is 5.78 Å². The quantitative estimate of drug-likeness (QED) is 0.495. The van der Waals surface area contributed by atoms with Crippen LogP contribution in [-0.2, 0) is 4.79 Å². The summed E-state index contributed by atoms with van der Waals surface area (Å²) in [4.78, 5) is 11.5. The second kappa shape index (κ2) is 2.09. The highest BCUT2D eigenvalue weighted by molar-refractivity contribution is 5.93. The molecular formula is C11H12O. The van der Waals surface area contributed by atoms with Gasteiger partial charge in [0, 0.05) is 5.92 Å². The molecule has 1 nitrogen and oxygen atoms in total. The highest BCUT2D eigenvalue weighted by Gasteiger charge is 2.47. The number of allylic oxidation sites excluding steroid dienone is 4. The van der Waals surface area contributed by atoms with Gasteiger partial charge in [-0.2, -0.15) is 0 Å². The lowest BCUT2D eigenvalue weighted by Crippen LogP contribution is -2.28. The second-order valence-electron chi connectivity index (χ2n) is 4.18. The summed E-state index contributed by atoms with van der Waals surface area (Å²) in [6, 6.07) is 0. The first-order chi connectivity index (χ1) is 5.86. The van der Waals surface area contributed by atoms with Crippen molar-refractivity contribution in [3.63, 3.8) is 0 Å². The minimum atomic E-state index is 0.352. The summed E-state index contributed by atoms with van der Waals surface area (Å²) in [6.45, 7) is 0. The molecule has 3 rings (SSSR count). The van der Waals surface area contributed by atoms with Crippen molar-refractivity contribution in [1.29, 1.82) is 0 Å². The number of hydrogen-bond donors (Lipinski definition) is 0. The zero-order valence-corrected chi connectivity index (χ0v) is 6.94. The van der Waals surface area contributed by atoms with Crippen LogP contribution in [0.3, 0.4) is 0 Å². The van der Waals surface area contributed by atoms with E-state index >= 15 is 0 Å². The molecule has 0 radical (unpaired) electrons. The van der Waals surface area contributed by atoms with E-state index in [1.165, 1.54) is 6.42 Å². The third kappa shape index (κ3) is 0.669. The first-order valence-electron chi connectivity index (χ1n) is 4.75. The summed E-state index contributed by atoms with van der Waals surface area (Å²) in [6.07, 6.45) is 10.8. The number of fused-ring (bicyclic) bond motifs is 5. The van der Waals surface area contributed by atoms with Gasteiger partial charge in [-0.15, -0.1) is 0 Å². The minimum Gasteiger partial charge on any atom is -0.295 e. The maximum absolute atomic E-state index is 11.5. The molecular weight excluding hydrogens is 148 g/mol. The van der Waals surface area contributed by atoms with E-state index in [-0.39, 0.29) is 0 Å². The summed E-state index contributed by atoms with van der Waals surface area (Å²) in [7, 11) is 0. The highest BCUT2D eigenvalue weighted by atomic mass is 16.1. The zero-order valence-electron chi connectivity index (χ0n) is 6.94. The van der Waals surface area contributed by atoms with E-state index < -0.39 is 0 Å². The van der Waals surface area contributed by atoms with Crippen LogP contribution in [0.5, 0.6) is 0 Å². The lowest BCUT2D eigenvalue weighted by molar-refractivity contribution is -0.120. The second-order valence-corrected chi connectivity index (χ2v) is 4.18. The van der Waals surface area contributed by atoms with Crippen LogP contribution in [0.15, 0.2) is 24.3 Å². The van der Waals surface area contributed by atoms with Crippen molar-refractivity contribution in [2.45, 2.75) is 12.8 Å². The van der Waals surface area contributed by atoms with Gasteiger partial charge in [-0.05, 0) is 36.7 Å². The molecule has 0 aliphatic heterocycles. The van der Waals surface area contributed by atoms with E-state index in [2.05, 4.69) is 18.2 Å². The molecule has 62 valence electrons. The predicted octanol–water partition coefficient (Wildman–Crippen LogP) is 1.95. The number of carbonyl (C=O) groups excluding carboxylic acids is 1. The average molecular weight is 160 g/mol. The van der Waals surface area contributed by atoms with Gasteiger partial charge in [0.05, 0.1) is 0 Å². The van der Waals surface area contributed by atoms with E-state index in [0.717, 1.165) is 6.42 Å². The average Bonchev–Trinajstić information content (AvgIpc) is 2.64. The van der Waals surface area contributed by atoms with Crippen LogP contribution in [0.25, 0.3) is 0 Å². The zero-order chi connectivity index (χ0) is 8.13. The van der Waals surface area contributed by atoms with Gasteiger partial charge >= 0.3 is 0 Å². The van der Waals surface area contributed by atoms with E-state index in [9.17, 15) is 4.79 Å². The number of carbonyl (C=O) groups is 1. The van der Waals surface area contributed by atoms with Crippen LogP contribution in [0.4, 0.5) is 0 Å². The van der Waals surface area contributed by atoms with Gasteiger partial charge in [-0.25, -0.2) is 0 Å². The summed E-state index contributed by atoms with van der Waals surface area (Å²) in [5, 5.41) is 0. The molecule has 2 bridgehead atoms. The maximum atomic E-state index is 11.5. The van der Waals surface area contributed by atoms with Gasteiger partial charge < -0.3 is 0 Å². The topological polar surface area (TPSA) is 17.1 Å². The van der Waals surface area contributed by atoms with Crippen LogP contribution in [0, 0.1) is 23.7 Å². The molecule has 0 aromatic carbocycles. The van der Waals surface area contributed by atoms with Crippen molar-refractivity contribution in [2.24, 2.45) is 23.7 Å². The maximum Gasteiger partial charge on any atom is 0.159 e. The first kappa shape index (κ1) is 6.64. The van der Waals surface area contributed by atoms with Crippen molar-refractivity contribution in [3.05, 3.63) is 24.3 Å². The lowest BCUT2D eigenvalue weighted by Gasteiger charge is -2.27. The summed E-state index contributed by atoms with van der Waals surface area (Å²) >= 11 is 0. The Kier molecular flexibility index (Phi) is 1.16. The predicted molar refractivity (Wildman–Crippen MR) is 46.5 cm³/mol. The van der Waals surface area contributed by atoms with E-state index in [0.29, 0.717) is 29.5 Å². The largest absolute Gasteiger partial charge is 0.295 e. The van der Waals surface area contributed by atoms with Crippen LogP contribution in [0.2, 0.25) is 0 Å². The Labute approximate surface area is 72.2 Å². The van der Waals surface area contributed by atoms with Crippen molar-refractivity contribution in [3.8, 4) is 0 Å². The van der Waals surface area contributed by atoms with E-state index in [1.807, 2.05) is 0 Å². The standard InChI is InChI=1S/C11H12O/c12-10-3-1-2-9-7-4-5-8(6-7)11(9)10/h1,3-5,7-9,11H,2,6H2/t7-,8+,9-,11+/m1/s1. The third-order valence-corrected chi connectivity index (χ3v) is 3.64. The lowest BCUT2D eigenvalue weighted by atomic mass is 9.76. The Bertz CT molecular complexity index is 287. The van der Waals surface area contributed by atoms with Gasteiger partial charge in [-0.1, -0.05) is 18.2 Å². The Balaban J connectivity index is 2.03. The summed E-state index contributed by atoms with van der Waals surface area (Å²) in [5.41, 5.74) is 0. The molecule has 3 aliphatic carbocycles. The Hall–Kier alpha value is -0.850. The molecule has 0 unspecified atom stereocenters. The van der Waals surface area contributed by atoms with Gasteiger partial charge in [0.15, 0.2) is 5.78 Å². The molecule has 0 N–H and O–H groups in total. The van der Waals surface area contributed by atoms with Gasteiger partial charge in [0.2, 0.25) is 0 Å². The molecule has 0 spiro atoms. The molecule has 0 aromatic rings. The van der Waals surface area contributed by atoms with Gasteiger partial charge in [0.25, 0.3) is 0 Å². The highest BCUT2D eigenvalue weighted by Crippen LogP contribution is 2.51. The fourth-order valence-corrected chi connectivity index (χ4v) is 3.12. The molecule has 1 fully saturated rings. The number of rotatable bonds is 0. The Morgan fingerprint density at radius 1 is 1.25 bits per heavy atom. The van der Waals surface area contributed by atoms with Crippen molar-refractivity contribution in [1.82, 2.24) is 0 Å². The number of ketones is 1. The fourth-order valence-electron chi connectivity index (χ4n) is 3.12. The third-order valence-electron chi connectivity index (χ3n) is 3.64. The molecule has 0 aromatic heterocycles. The van der Waals surface area contributed by atoms with Crippen LogP contribution < -0.4 is 0 Å². The summed E-state index contributed by atoms with van der Waals surface area (Å²) < 4.78 is 0. The first-order valence-corrected chi connectivity index (χ1v) is 4.75. The molecule has 1 heteroatoms. The molecule has 3 aliphatic rings. The van der Waals surface area contributed by atoms with Crippen molar-refractivity contribution in [2.75, 3.05) is 0 Å². The molecule has 0 saturated heterocycles. The summed E-state index contributed by atoms with van der Waals surface area (Å²) in [5.74, 6) is 2.68. The molecule has 4 atom stereocenters. The van der Waals surface area contributed by atoms with E-state index in [1.54, 1.807) is 6.08 Å². The number of hydrogen-bond acceptors (Lipinski definition) is 1. The van der Waals surface area contributed by atoms with Crippen molar-refractivity contribution < 1.29 is 4.79 Å². The van der Waals surface area contributed by atoms with Crippen LogP contribution >= 0.6 is 0 Å². The van der Waals surface area contributed by atoms with E-state index in [4.69, 9.17) is 0 Å².